The van der Waals surface area contributed by atoms with Gasteiger partial charge in [0.05, 0.1) is 24.2 Å². The summed E-state index contributed by atoms with van der Waals surface area (Å²) in [5.41, 5.74) is 2.03. The second-order valence-electron chi connectivity index (χ2n) is 6.11. The van der Waals surface area contributed by atoms with Crippen LogP contribution in [-0.2, 0) is 20.9 Å². The molecule has 0 bridgehead atoms. The second-order valence-corrected chi connectivity index (χ2v) is 6.54. The van der Waals surface area contributed by atoms with Crippen LogP contribution in [0.1, 0.15) is 17.0 Å². The number of nitrogens with zero attached hydrogens (tertiary/aromatic N) is 1. The maximum atomic E-state index is 12.4. The van der Waals surface area contributed by atoms with Crippen molar-refractivity contribution in [2.24, 2.45) is 0 Å². The molecule has 0 radical (unpaired) electrons. The Morgan fingerprint density at radius 1 is 1.04 bits per heavy atom. The molecule has 0 spiro atoms. The van der Waals surface area contributed by atoms with Crippen molar-refractivity contribution in [1.82, 2.24) is 4.90 Å². The lowest BCUT2D eigenvalue weighted by molar-refractivity contribution is -0.136. The first kappa shape index (κ1) is 18.7. The van der Waals surface area contributed by atoms with Crippen molar-refractivity contribution in [2.45, 2.75) is 12.5 Å². The topological polar surface area (TPSA) is 66.8 Å². The molecule has 5 nitrogen and oxygen atoms in total. The summed E-state index contributed by atoms with van der Waals surface area (Å²) in [4.78, 5) is 26.0. The lowest BCUT2D eigenvalue weighted by atomic mass is 9.83. The molecular weight excluding hydrogens is 366 g/mol. The standard InChI is InChI=1S/C21H18ClNO4/c1-27-21(26)18-13-23(11-14-7-9-16(22)10-8-14)12-17(20(24)25)19(18)15-5-3-2-4-6-15/h2-10,12-13,19H,11H2,1H3,(H,24,25). The van der Waals surface area contributed by atoms with Crippen molar-refractivity contribution in [3.8, 4) is 0 Å². The van der Waals surface area contributed by atoms with Gasteiger partial charge in [-0.05, 0) is 23.3 Å². The molecule has 2 aromatic carbocycles. The summed E-state index contributed by atoms with van der Waals surface area (Å²) in [5.74, 6) is -2.34. The number of rotatable bonds is 5. The molecule has 0 aromatic heterocycles. The molecule has 27 heavy (non-hydrogen) atoms. The van der Waals surface area contributed by atoms with E-state index in [1.165, 1.54) is 7.11 Å². The zero-order chi connectivity index (χ0) is 19.4. The molecule has 0 aliphatic carbocycles. The zero-order valence-corrected chi connectivity index (χ0v) is 15.4. The fourth-order valence-corrected chi connectivity index (χ4v) is 3.20. The predicted molar refractivity (Wildman–Crippen MR) is 102 cm³/mol. The smallest absolute Gasteiger partial charge is 0.336 e. The largest absolute Gasteiger partial charge is 0.478 e. The molecule has 1 unspecified atom stereocenters. The summed E-state index contributed by atoms with van der Waals surface area (Å²) < 4.78 is 4.91. The summed E-state index contributed by atoms with van der Waals surface area (Å²) >= 11 is 5.91. The van der Waals surface area contributed by atoms with Gasteiger partial charge in [0.25, 0.3) is 0 Å². The molecule has 138 valence electrons. The number of ether oxygens (including phenoxy) is 1. The van der Waals surface area contributed by atoms with E-state index < -0.39 is 17.9 Å². The van der Waals surface area contributed by atoms with E-state index in [-0.39, 0.29) is 11.1 Å². The molecule has 3 rings (SSSR count). The van der Waals surface area contributed by atoms with Gasteiger partial charge in [0.15, 0.2) is 0 Å². The van der Waals surface area contributed by atoms with E-state index >= 15 is 0 Å². The number of hydrogen-bond acceptors (Lipinski definition) is 4. The highest BCUT2D eigenvalue weighted by Crippen LogP contribution is 2.36. The van der Waals surface area contributed by atoms with Crippen molar-refractivity contribution in [2.75, 3.05) is 7.11 Å². The number of carboxylic acid groups (broad SMARTS) is 1. The van der Waals surface area contributed by atoms with Crippen molar-refractivity contribution < 1.29 is 19.4 Å². The SMILES string of the molecule is COC(=O)C1=CN(Cc2ccc(Cl)cc2)C=C(C(=O)O)C1c1ccccc1. The van der Waals surface area contributed by atoms with Gasteiger partial charge in [0.1, 0.15) is 0 Å². The van der Waals surface area contributed by atoms with Gasteiger partial charge in [-0.1, -0.05) is 54.1 Å². The molecule has 1 aliphatic heterocycles. The molecule has 6 heteroatoms. The second kappa shape index (κ2) is 8.10. The number of methoxy groups -OCH3 is 1. The molecule has 2 aromatic rings. The molecular formula is C21H18ClNO4. The van der Waals surface area contributed by atoms with Crippen LogP contribution in [0.2, 0.25) is 5.02 Å². The van der Waals surface area contributed by atoms with Crippen LogP contribution in [0.25, 0.3) is 0 Å². The molecule has 0 amide bonds. The van der Waals surface area contributed by atoms with Crippen molar-refractivity contribution >= 4 is 23.5 Å². The first-order valence-corrected chi connectivity index (χ1v) is 8.67. The number of aliphatic carboxylic acids is 1. The molecule has 1 N–H and O–H groups in total. The lowest BCUT2D eigenvalue weighted by Crippen LogP contribution is -2.28. The van der Waals surface area contributed by atoms with Crippen LogP contribution in [0.5, 0.6) is 0 Å². The van der Waals surface area contributed by atoms with Crippen LogP contribution in [0.4, 0.5) is 0 Å². The van der Waals surface area contributed by atoms with Crippen LogP contribution < -0.4 is 0 Å². The Morgan fingerprint density at radius 2 is 1.67 bits per heavy atom. The molecule has 1 atom stereocenters. The zero-order valence-electron chi connectivity index (χ0n) is 14.6. The van der Waals surface area contributed by atoms with Gasteiger partial charge in [-0.2, -0.15) is 0 Å². The number of carbonyl (C=O) groups excluding carboxylic acids is 1. The Bertz CT molecular complexity index is 904. The number of halogens is 1. The summed E-state index contributed by atoms with van der Waals surface area (Å²) in [6, 6.07) is 16.3. The third kappa shape index (κ3) is 4.20. The Labute approximate surface area is 162 Å². The van der Waals surface area contributed by atoms with Crippen LogP contribution in [0.15, 0.2) is 78.1 Å². The third-order valence-corrected chi connectivity index (χ3v) is 4.56. The van der Waals surface area contributed by atoms with Gasteiger partial charge in [-0.25, -0.2) is 9.59 Å². The van der Waals surface area contributed by atoms with E-state index in [1.54, 1.807) is 41.6 Å². The van der Waals surface area contributed by atoms with Crippen LogP contribution in [-0.4, -0.2) is 29.1 Å². The van der Waals surface area contributed by atoms with E-state index in [0.717, 1.165) is 5.56 Å². The van der Waals surface area contributed by atoms with E-state index in [1.807, 2.05) is 30.3 Å². The van der Waals surface area contributed by atoms with Gasteiger partial charge >= 0.3 is 11.9 Å². The first-order valence-electron chi connectivity index (χ1n) is 8.29. The minimum absolute atomic E-state index is 0.109. The predicted octanol–water partition coefficient (Wildman–Crippen LogP) is 3.96. The van der Waals surface area contributed by atoms with Gasteiger partial charge in [0, 0.05) is 24.0 Å². The average molecular weight is 384 g/mol. The number of benzene rings is 2. The van der Waals surface area contributed by atoms with Crippen LogP contribution >= 0.6 is 11.6 Å². The van der Waals surface area contributed by atoms with Crippen molar-refractivity contribution in [3.63, 3.8) is 0 Å². The number of carboxylic acids is 1. The van der Waals surface area contributed by atoms with Crippen molar-refractivity contribution in [1.29, 1.82) is 0 Å². The summed E-state index contributed by atoms with van der Waals surface area (Å²) in [7, 11) is 1.29. The van der Waals surface area contributed by atoms with Gasteiger partial charge in [-0.3, -0.25) is 0 Å². The van der Waals surface area contributed by atoms with E-state index in [9.17, 15) is 14.7 Å². The number of hydrogen-bond donors (Lipinski definition) is 1. The van der Waals surface area contributed by atoms with Gasteiger partial charge < -0.3 is 14.7 Å². The number of esters is 1. The highest BCUT2D eigenvalue weighted by molar-refractivity contribution is 6.30. The molecule has 1 heterocycles. The average Bonchev–Trinajstić information content (AvgIpc) is 2.69. The third-order valence-electron chi connectivity index (χ3n) is 4.31. The highest BCUT2D eigenvalue weighted by atomic mass is 35.5. The Morgan fingerprint density at radius 3 is 2.26 bits per heavy atom. The number of carbonyl (C=O) groups is 2. The van der Waals surface area contributed by atoms with Gasteiger partial charge in [-0.15, -0.1) is 0 Å². The summed E-state index contributed by atoms with van der Waals surface area (Å²) in [6.45, 7) is 0.399. The molecule has 0 saturated heterocycles. The minimum atomic E-state index is -1.08. The molecule has 1 aliphatic rings. The normalized spacial score (nSPS) is 16.4. The van der Waals surface area contributed by atoms with Crippen LogP contribution in [0, 0.1) is 0 Å². The maximum absolute atomic E-state index is 12.4. The Hall–Kier alpha value is -3.05. The molecule has 0 fully saturated rings. The maximum Gasteiger partial charge on any atom is 0.336 e. The summed E-state index contributed by atoms with van der Waals surface area (Å²) in [5, 5.41) is 10.4. The first-order chi connectivity index (χ1) is 13.0. The Kier molecular flexibility index (Phi) is 5.62. The van der Waals surface area contributed by atoms with E-state index in [4.69, 9.17) is 16.3 Å². The van der Waals surface area contributed by atoms with E-state index in [0.29, 0.717) is 17.1 Å². The Balaban J connectivity index is 2.02. The quantitative estimate of drug-likeness (QED) is 0.791. The molecule has 0 saturated carbocycles. The van der Waals surface area contributed by atoms with E-state index in [2.05, 4.69) is 0 Å². The minimum Gasteiger partial charge on any atom is -0.478 e. The lowest BCUT2D eigenvalue weighted by Gasteiger charge is -2.29. The highest BCUT2D eigenvalue weighted by Gasteiger charge is 2.34. The van der Waals surface area contributed by atoms with Crippen molar-refractivity contribution in [3.05, 3.63) is 94.3 Å². The van der Waals surface area contributed by atoms with Crippen LogP contribution in [0.3, 0.4) is 0 Å². The summed E-state index contributed by atoms with van der Waals surface area (Å²) in [6.07, 6.45) is 3.20. The van der Waals surface area contributed by atoms with Gasteiger partial charge in [0.2, 0.25) is 0 Å². The monoisotopic (exact) mass is 383 g/mol. The fourth-order valence-electron chi connectivity index (χ4n) is 3.07. The fraction of sp³-hybridized carbons (Fsp3) is 0.143.